The monoisotopic (exact) mass is 325 g/mol. The molecule has 1 unspecified atom stereocenters. The van der Waals surface area contributed by atoms with Crippen molar-refractivity contribution in [1.29, 1.82) is 0 Å². The van der Waals surface area contributed by atoms with E-state index in [0.717, 1.165) is 0 Å². The summed E-state index contributed by atoms with van der Waals surface area (Å²) in [5, 5.41) is 29.4. The van der Waals surface area contributed by atoms with E-state index in [4.69, 9.17) is 4.42 Å². The summed E-state index contributed by atoms with van der Waals surface area (Å²) in [6.07, 6.45) is 2.54. The van der Waals surface area contributed by atoms with Crippen molar-refractivity contribution in [2.24, 2.45) is 0 Å². The molecule has 7 nitrogen and oxygen atoms in total. The third kappa shape index (κ3) is 3.02. The van der Waals surface area contributed by atoms with Gasteiger partial charge in [0, 0.05) is 17.5 Å². The highest BCUT2D eigenvalue weighted by Gasteiger charge is 2.17. The number of hydrogen-bond acceptors (Lipinski definition) is 6. The third-order valence-electron chi connectivity index (χ3n) is 3.50. The molecule has 0 fully saturated rings. The second-order valence-electron chi connectivity index (χ2n) is 5.43. The predicted octanol–water partition coefficient (Wildman–Crippen LogP) is 3.50. The summed E-state index contributed by atoms with van der Waals surface area (Å²) in [4.78, 5) is 10.6. The van der Waals surface area contributed by atoms with Gasteiger partial charge in [0.15, 0.2) is 0 Å². The van der Waals surface area contributed by atoms with E-state index in [9.17, 15) is 15.2 Å². The van der Waals surface area contributed by atoms with Gasteiger partial charge in [-0.25, -0.2) is 0 Å². The van der Waals surface area contributed by atoms with Gasteiger partial charge >= 0.3 is 0 Å². The zero-order chi connectivity index (χ0) is 17.3. The standard InChI is InChI=1S/C17H15N3O4/c1-10(21)3-6-15-17(16-8-4-11(2)24-16)13-9-12(20(22)23)5-7-14(13)18-19-15/h3-10,21H,1-2H3/b6-3+. The molecule has 3 rings (SSSR count). The van der Waals surface area contributed by atoms with Crippen LogP contribution in [0.15, 0.2) is 40.8 Å². The number of furan rings is 1. The molecular formula is C17H15N3O4. The lowest BCUT2D eigenvalue weighted by Crippen LogP contribution is -1.97. The molecule has 3 aromatic rings. The van der Waals surface area contributed by atoms with Crippen molar-refractivity contribution < 1.29 is 14.4 Å². The predicted molar refractivity (Wildman–Crippen MR) is 89.3 cm³/mol. The van der Waals surface area contributed by atoms with Crippen LogP contribution in [0.3, 0.4) is 0 Å². The molecule has 0 spiro atoms. The zero-order valence-electron chi connectivity index (χ0n) is 13.1. The highest BCUT2D eigenvalue weighted by molar-refractivity contribution is 5.97. The number of hydrogen-bond donors (Lipinski definition) is 1. The number of nitro groups is 1. The number of aryl methyl sites for hydroxylation is 1. The van der Waals surface area contributed by atoms with E-state index < -0.39 is 11.0 Å². The molecule has 0 radical (unpaired) electrons. The third-order valence-corrected chi connectivity index (χ3v) is 3.50. The first-order valence-electron chi connectivity index (χ1n) is 7.33. The van der Waals surface area contributed by atoms with E-state index in [-0.39, 0.29) is 5.69 Å². The Bertz CT molecular complexity index is 944. The summed E-state index contributed by atoms with van der Waals surface area (Å²) >= 11 is 0. The van der Waals surface area contributed by atoms with Crippen molar-refractivity contribution in [2.75, 3.05) is 0 Å². The van der Waals surface area contributed by atoms with E-state index in [0.29, 0.717) is 33.7 Å². The van der Waals surface area contributed by atoms with Gasteiger partial charge in [0.1, 0.15) is 11.5 Å². The number of fused-ring (bicyclic) bond motifs is 1. The number of nitro benzene ring substituents is 1. The molecule has 7 heteroatoms. The number of aliphatic hydroxyl groups is 1. The second-order valence-corrected chi connectivity index (χ2v) is 5.43. The number of non-ortho nitro benzene ring substituents is 1. The lowest BCUT2D eigenvalue weighted by molar-refractivity contribution is -0.384. The van der Waals surface area contributed by atoms with Crippen LogP contribution in [0.25, 0.3) is 28.3 Å². The Hall–Kier alpha value is -3.06. The van der Waals surface area contributed by atoms with Gasteiger partial charge in [-0.05, 0) is 38.1 Å². The maximum atomic E-state index is 11.1. The van der Waals surface area contributed by atoms with E-state index in [1.54, 1.807) is 37.3 Å². The Morgan fingerprint density at radius 1 is 1.29 bits per heavy atom. The number of benzene rings is 1. The number of aliphatic hydroxyl groups excluding tert-OH is 1. The first kappa shape index (κ1) is 15.8. The van der Waals surface area contributed by atoms with Crippen LogP contribution in [-0.4, -0.2) is 26.3 Å². The Morgan fingerprint density at radius 3 is 2.71 bits per heavy atom. The molecule has 0 amide bonds. The Labute approximate surface area is 137 Å². The van der Waals surface area contributed by atoms with Crippen LogP contribution in [0.2, 0.25) is 0 Å². The normalized spacial score (nSPS) is 12.8. The number of rotatable bonds is 4. The molecule has 0 aliphatic heterocycles. The molecule has 0 aliphatic carbocycles. The van der Waals surface area contributed by atoms with Crippen LogP contribution in [-0.2, 0) is 0 Å². The number of nitrogens with zero attached hydrogens (tertiary/aromatic N) is 3. The van der Waals surface area contributed by atoms with E-state index in [2.05, 4.69) is 10.2 Å². The van der Waals surface area contributed by atoms with Crippen molar-refractivity contribution in [2.45, 2.75) is 20.0 Å². The van der Waals surface area contributed by atoms with Gasteiger partial charge in [0.05, 0.1) is 27.8 Å². The Kier molecular flexibility index (Phi) is 4.09. The summed E-state index contributed by atoms with van der Waals surface area (Å²) in [7, 11) is 0. The fourth-order valence-corrected chi connectivity index (χ4v) is 2.40. The fourth-order valence-electron chi connectivity index (χ4n) is 2.40. The molecule has 122 valence electrons. The zero-order valence-corrected chi connectivity index (χ0v) is 13.1. The SMILES string of the molecule is Cc1ccc(-c2c(/C=C/C(C)O)nnc3ccc([N+](=O)[O-])cc23)o1. The quantitative estimate of drug-likeness (QED) is 0.582. The largest absolute Gasteiger partial charge is 0.461 e. The highest BCUT2D eigenvalue weighted by atomic mass is 16.6. The minimum Gasteiger partial charge on any atom is -0.461 e. The van der Waals surface area contributed by atoms with E-state index >= 15 is 0 Å². The molecule has 1 atom stereocenters. The van der Waals surface area contributed by atoms with Crippen molar-refractivity contribution in [3.05, 3.63) is 58.0 Å². The van der Waals surface area contributed by atoms with Crippen molar-refractivity contribution >= 4 is 22.7 Å². The minimum atomic E-state index is -0.654. The molecule has 0 saturated carbocycles. The molecule has 2 heterocycles. The molecular weight excluding hydrogens is 310 g/mol. The van der Waals surface area contributed by atoms with Gasteiger partial charge in [-0.1, -0.05) is 6.08 Å². The van der Waals surface area contributed by atoms with Crippen LogP contribution in [0, 0.1) is 17.0 Å². The van der Waals surface area contributed by atoms with Crippen LogP contribution in [0.5, 0.6) is 0 Å². The minimum absolute atomic E-state index is 0.0366. The first-order chi connectivity index (χ1) is 11.5. The summed E-state index contributed by atoms with van der Waals surface area (Å²) in [5.74, 6) is 1.25. The van der Waals surface area contributed by atoms with Gasteiger partial charge in [0.25, 0.3) is 5.69 Å². The fraction of sp³-hybridized carbons (Fsp3) is 0.176. The lowest BCUT2D eigenvalue weighted by atomic mass is 10.0. The first-order valence-corrected chi connectivity index (χ1v) is 7.33. The highest BCUT2D eigenvalue weighted by Crippen LogP contribution is 2.33. The average molecular weight is 325 g/mol. The van der Waals surface area contributed by atoms with E-state index in [1.807, 2.05) is 6.92 Å². The van der Waals surface area contributed by atoms with Gasteiger partial charge in [-0.15, -0.1) is 10.2 Å². The molecule has 2 aromatic heterocycles. The van der Waals surface area contributed by atoms with Crippen LogP contribution >= 0.6 is 0 Å². The smallest absolute Gasteiger partial charge is 0.270 e. The molecule has 0 saturated heterocycles. The van der Waals surface area contributed by atoms with Gasteiger partial charge in [0.2, 0.25) is 0 Å². The summed E-state index contributed by atoms with van der Waals surface area (Å²) in [6.45, 7) is 3.43. The molecule has 0 bridgehead atoms. The molecule has 0 aliphatic rings. The topological polar surface area (TPSA) is 102 Å². The molecule has 1 N–H and O–H groups in total. The molecule has 24 heavy (non-hydrogen) atoms. The Morgan fingerprint density at radius 2 is 2.08 bits per heavy atom. The maximum absolute atomic E-state index is 11.1. The Balaban J connectivity index is 2.32. The summed E-state index contributed by atoms with van der Waals surface area (Å²) in [5.41, 5.74) is 1.57. The average Bonchev–Trinajstić information content (AvgIpc) is 2.97. The van der Waals surface area contributed by atoms with Gasteiger partial charge in [-0.3, -0.25) is 10.1 Å². The van der Waals surface area contributed by atoms with Crippen LogP contribution in [0.4, 0.5) is 5.69 Å². The van der Waals surface area contributed by atoms with Crippen LogP contribution in [0.1, 0.15) is 18.4 Å². The van der Waals surface area contributed by atoms with Crippen molar-refractivity contribution in [1.82, 2.24) is 10.2 Å². The van der Waals surface area contributed by atoms with E-state index in [1.165, 1.54) is 12.1 Å². The van der Waals surface area contributed by atoms with Gasteiger partial charge in [-0.2, -0.15) is 0 Å². The lowest BCUT2D eigenvalue weighted by Gasteiger charge is -2.07. The van der Waals surface area contributed by atoms with Gasteiger partial charge < -0.3 is 9.52 Å². The number of aromatic nitrogens is 2. The second kappa shape index (κ2) is 6.21. The van der Waals surface area contributed by atoms with Crippen LogP contribution < -0.4 is 0 Å². The van der Waals surface area contributed by atoms with Crippen molar-refractivity contribution in [3.8, 4) is 11.3 Å². The molecule has 1 aromatic carbocycles. The maximum Gasteiger partial charge on any atom is 0.270 e. The van der Waals surface area contributed by atoms with Crippen molar-refractivity contribution in [3.63, 3.8) is 0 Å². The summed E-state index contributed by atoms with van der Waals surface area (Å²) < 4.78 is 5.69. The summed E-state index contributed by atoms with van der Waals surface area (Å²) in [6, 6.07) is 7.99.